The lowest BCUT2D eigenvalue weighted by atomic mass is 9.93. The Hall–Kier alpha value is -4.60. The van der Waals surface area contributed by atoms with E-state index in [2.05, 4.69) is 24.5 Å². The van der Waals surface area contributed by atoms with Crippen molar-refractivity contribution in [3.05, 3.63) is 64.6 Å². The number of aromatic nitrogens is 3. The van der Waals surface area contributed by atoms with Crippen LogP contribution in [0.2, 0.25) is 0 Å². The molecule has 290 valence electrons. The number of hydrogen-bond donors (Lipinski definition) is 1. The lowest BCUT2D eigenvalue weighted by molar-refractivity contribution is -0.143. The normalized spacial score (nSPS) is 18.4. The molecule has 3 aromatic rings. The molecular weight excluding hydrogens is 755 g/mol. The first-order chi connectivity index (χ1) is 24.7. The molecule has 0 bridgehead atoms. The van der Waals surface area contributed by atoms with Crippen LogP contribution in [0, 0.1) is 0 Å². The molecule has 0 spiro atoms. The Balaban J connectivity index is 1.59. The minimum Gasteiger partial charge on any atom is -0.449 e. The van der Waals surface area contributed by atoms with Crippen LogP contribution in [0.3, 0.4) is 0 Å². The molecule has 5 rings (SSSR count). The third-order valence-corrected chi connectivity index (χ3v) is 9.23. The summed E-state index contributed by atoms with van der Waals surface area (Å²) in [5, 5.41) is 2.95. The van der Waals surface area contributed by atoms with E-state index in [0.717, 1.165) is 12.1 Å². The number of fused-ring (bicyclic) bond motifs is 1. The van der Waals surface area contributed by atoms with Gasteiger partial charge in [0.2, 0.25) is 11.8 Å². The second kappa shape index (κ2) is 15.0. The lowest BCUT2D eigenvalue weighted by Crippen LogP contribution is -2.46. The molecule has 1 saturated heterocycles. The van der Waals surface area contributed by atoms with Gasteiger partial charge in [-0.3, -0.25) is 4.90 Å². The first kappa shape index (κ1) is 39.6. The van der Waals surface area contributed by atoms with Gasteiger partial charge in [-0.2, -0.15) is 47.9 Å². The molecule has 1 fully saturated rings. The van der Waals surface area contributed by atoms with E-state index in [9.17, 15) is 52.7 Å². The molecule has 2 aliphatic rings. The molecule has 0 radical (unpaired) electrons. The van der Waals surface area contributed by atoms with Crippen LogP contribution >= 0.6 is 0 Å². The van der Waals surface area contributed by atoms with E-state index < -0.39 is 69.6 Å². The highest BCUT2D eigenvalue weighted by Gasteiger charge is 2.49. The SMILES string of the molecule is CCOC(=O)N1c2ccc(OS(=O)(=O)C(F)(F)F)nc2[C@@H](Nc2ncc(N3CCOCC3)c(Cc3cc(C(F)(F)F)cc(C(F)(F)F)c3)n2)C[C@H]1CC. The fourth-order valence-corrected chi connectivity index (χ4v) is 6.28. The molecule has 53 heavy (non-hydrogen) atoms. The number of benzene rings is 1. The van der Waals surface area contributed by atoms with Crippen molar-refractivity contribution in [2.24, 2.45) is 0 Å². The van der Waals surface area contributed by atoms with Crippen LogP contribution in [0.5, 0.6) is 5.88 Å². The summed E-state index contributed by atoms with van der Waals surface area (Å²) in [4.78, 5) is 28.7. The van der Waals surface area contributed by atoms with Crippen LogP contribution in [-0.2, 0) is 38.4 Å². The number of anilines is 3. The quantitative estimate of drug-likeness (QED) is 0.138. The number of nitrogens with zero attached hydrogens (tertiary/aromatic N) is 5. The third kappa shape index (κ3) is 8.96. The maximum atomic E-state index is 13.7. The number of hydrogen-bond acceptors (Lipinski definition) is 11. The number of nitrogens with one attached hydrogen (secondary N) is 1. The molecule has 1 N–H and O–H groups in total. The van der Waals surface area contributed by atoms with Gasteiger partial charge in [-0.05, 0) is 49.6 Å². The number of morpholine rings is 1. The van der Waals surface area contributed by atoms with Crippen molar-refractivity contribution in [2.75, 3.05) is 48.0 Å². The van der Waals surface area contributed by atoms with Crippen molar-refractivity contribution < 1.29 is 66.4 Å². The Bertz CT molecular complexity index is 1890. The average Bonchev–Trinajstić information content (AvgIpc) is 3.07. The molecule has 2 atom stereocenters. The Morgan fingerprint density at radius 1 is 0.943 bits per heavy atom. The Morgan fingerprint density at radius 2 is 1.58 bits per heavy atom. The largest absolute Gasteiger partial charge is 0.534 e. The third-order valence-electron chi connectivity index (χ3n) is 8.27. The van der Waals surface area contributed by atoms with E-state index in [-0.39, 0.29) is 60.9 Å². The van der Waals surface area contributed by atoms with Crippen molar-refractivity contribution in [1.29, 1.82) is 0 Å². The van der Waals surface area contributed by atoms with Crippen LogP contribution in [0.4, 0.5) is 61.6 Å². The van der Waals surface area contributed by atoms with Gasteiger partial charge >= 0.3 is 34.1 Å². The predicted molar refractivity (Wildman–Crippen MR) is 169 cm³/mol. The first-order valence-electron chi connectivity index (χ1n) is 15.9. The van der Waals surface area contributed by atoms with Gasteiger partial charge in [-0.15, -0.1) is 0 Å². The van der Waals surface area contributed by atoms with Gasteiger partial charge in [0.1, 0.15) is 0 Å². The second-order valence-corrected chi connectivity index (χ2v) is 13.4. The molecule has 12 nitrogen and oxygen atoms in total. The molecular formula is C31H31F9N6O6S. The van der Waals surface area contributed by atoms with Gasteiger partial charge < -0.3 is 23.9 Å². The lowest BCUT2D eigenvalue weighted by Gasteiger charge is -2.39. The number of ether oxygens (including phenoxy) is 2. The zero-order valence-corrected chi connectivity index (χ0v) is 28.6. The van der Waals surface area contributed by atoms with Crippen LogP contribution in [0.15, 0.2) is 36.5 Å². The van der Waals surface area contributed by atoms with Gasteiger partial charge in [0.25, 0.3) is 0 Å². The highest BCUT2D eigenvalue weighted by Crippen LogP contribution is 2.41. The van der Waals surface area contributed by atoms with Gasteiger partial charge in [-0.1, -0.05) is 6.92 Å². The van der Waals surface area contributed by atoms with Crippen molar-refractivity contribution in [3.8, 4) is 5.88 Å². The van der Waals surface area contributed by atoms with E-state index in [0.29, 0.717) is 37.3 Å². The number of carbonyl (C=O) groups is 1. The van der Waals surface area contributed by atoms with Crippen molar-refractivity contribution in [1.82, 2.24) is 15.0 Å². The number of rotatable bonds is 9. The standard InChI is InChI=1S/C31H31F9N6O6S/c1-3-20-15-22(26-23(46(20)28(47)51-4-2)5-6-25(44-26)52-53(48,49)31(38,39)40)43-27-41-16-24(45-7-9-50-10-8-45)21(42-27)13-17-11-18(29(32,33)34)14-19(12-17)30(35,36)37/h5-6,11-12,14,16,20,22H,3-4,7-10,13,15H2,1-2H3,(H,41,42,43)/t20-,22+/m1/s1. The average molecular weight is 787 g/mol. The van der Waals surface area contributed by atoms with E-state index in [1.807, 2.05) is 0 Å². The van der Waals surface area contributed by atoms with Gasteiger partial charge in [0, 0.05) is 31.6 Å². The van der Waals surface area contributed by atoms with Gasteiger partial charge in [-0.25, -0.2) is 19.7 Å². The summed E-state index contributed by atoms with van der Waals surface area (Å²) in [6.07, 6.45) is -9.94. The van der Waals surface area contributed by atoms with Crippen LogP contribution in [0.1, 0.15) is 60.8 Å². The minimum absolute atomic E-state index is 0.00845. The molecule has 0 unspecified atom stereocenters. The molecule has 0 saturated carbocycles. The predicted octanol–water partition coefficient (Wildman–Crippen LogP) is 6.86. The summed E-state index contributed by atoms with van der Waals surface area (Å²) in [6, 6.07) is 1.45. The van der Waals surface area contributed by atoms with Crippen LogP contribution in [0.25, 0.3) is 0 Å². The molecule has 1 aromatic carbocycles. The Morgan fingerprint density at radius 3 is 2.15 bits per heavy atom. The molecule has 1 amide bonds. The number of carbonyl (C=O) groups excluding carboxylic acids is 1. The van der Waals surface area contributed by atoms with E-state index in [1.54, 1.807) is 18.7 Å². The van der Waals surface area contributed by atoms with Gasteiger partial charge in [0.15, 0.2) is 0 Å². The van der Waals surface area contributed by atoms with E-state index >= 15 is 0 Å². The molecule has 0 aliphatic carbocycles. The van der Waals surface area contributed by atoms with Gasteiger partial charge in [0.05, 0.1) is 65.9 Å². The highest BCUT2D eigenvalue weighted by molar-refractivity contribution is 7.87. The number of pyridine rings is 1. The molecule has 4 heterocycles. The summed E-state index contributed by atoms with van der Waals surface area (Å²) in [6.45, 7) is 4.35. The maximum Gasteiger partial charge on any atom is 0.534 e. The summed E-state index contributed by atoms with van der Waals surface area (Å²) in [5.74, 6) is -1.20. The summed E-state index contributed by atoms with van der Waals surface area (Å²) in [7, 11) is -6.15. The molecule has 2 aromatic heterocycles. The van der Waals surface area contributed by atoms with E-state index in [4.69, 9.17) is 9.47 Å². The number of alkyl halides is 9. The Labute approximate surface area is 296 Å². The fraction of sp³-hybridized carbons (Fsp3) is 0.484. The summed E-state index contributed by atoms with van der Waals surface area (Å²) >= 11 is 0. The monoisotopic (exact) mass is 786 g/mol. The zero-order chi connectivity index (χ0) is 38.9. The number of halogens is 9. The number of amides is 1. The van der Waals surface area contributed by atoms with Crippen LogP contribution < -0.4 is 19.3 Å². The Kier molecular flexibility index (Phi) is 11.2. The van der Waals surface area contributed by atoms with Crippen molar-refractivity contribution in [3.63, 3.8) is 0 Å². The second-order valence-electron chi connectivity index (χ2n) is 11.8. The van der Waals surface area contributed by atoms with E-state index in [1.165, 1.54) is 11.1 Å². The van der Waals surface area contributed by atoms with Crippen molar-refractivity contribution in [2.45, 2.75) is 63.1 Å². The summed E-state index contributed by atoms with van der Waals surface area (Å²) in [5.41, 5.74) is -9.03. The summed E-state index contributed by atoms with van der Waals surface area (Å²) < 4.78 is 160. The first-order valence-corrected chi connectivity index (χ1v) is 17.3. The fourth-order valence-electron chi connectivity index (χ4n) is 5.87. The molecule has 22 heteroatoms. The highest BCUT2D eigenvalue weighted by atomic mass is 32.2. The topological polar surface area (TPSA) is 136 Å². The maximum absolute atomic E-state index is 13.7. The molecule has 2 aliphatic heterocycles. The smallest absolute Gasteiger partial charge is 0.449 e. The zero-order valence-electron chi connectivity index (χ0n) is 27.8. The minimum atomic E-state index is -6.15. The van der Waals surface area contributed by atoms with Crippen LogP contribution in [-0.4, -0.2) is 73.9 Å². The van der Waals surface area contributed by atoms with Crippen molar-refractivity contribution >= 4 is 33.5 Å².